The number of carbonyl (C=O) groups is 1. The number of piperidine rings is 1. The average molecular weight is 211 g/mol. The number of rotatable bonds is 3. The normalized spacial score (nSPS) is 36.3. The van der Waals surface area contributed by atoms with Crippen molar-refractivity contribution in [2.75, 3.05) is 19.7 Å². The molecule has 0 aromatic heterocycles. The van der Waals surface area contributed by atoms with Crippen LogP contribution >= 0.6 is 0 Å². The van der Waals surface area contributed by atoms with Gasteiger partial charge in [-0.05, 0) is 46.2 Å². The molecule has 0 aromatic carbocycles. The van der Waals surface area contributed by atoms with Crippen LogP contribution in [0.3, 0.4) is 0 Å². The molecule has 2 rings (SSSR count). The van der Waals surface area contributed by atoms with E-state index in [4.69, 9.17) is 4.74 Å². The van der Waals surface area contributed by atoms with E-state index in [1.807, 2.05) is 13.8 Å². The van der Waals surface area contributed by atoms with Gasteiger partial charge >= 0.3 is 5.97 Å². The van der Waals surface area contributed by atoms with E-state index in [0.29, 0.717) is 12.6 Å². The third kappa shape index (κ3) is 2.03. The summed E-state index contributed by atoms with van der Waals surface area (Å²) in [5, 5.41) is 0. The van der Waals surface area contributed by atoms with Crippen LogP contribution in [0, 0.1) is 5.41 Å². The van der Waals surface area contributed by atoms with Crippen molar-refractivity contribution in [3.63, 3.8) is 0 Å². The van der Waals surface area contributed by atoms with Crippen LogP contribution < -0.4 is 0 Å². The van der Waals surface area contributed by atoms with Crippen molar-refractivity contribution in [2.24, 2.45) is 5.41 Å². The molecular formula is C12H21NO2. The Morgan fingerprint density at radius 2 is 2.07 bits per heavy atom. The highest BCUT2D eigenvalue weighted by molar-refractivity contribution is 5.81. The molecule has 2 unspecified atom stereocenters. The monoisotopic (exact) mass is 211 g/mol. The largest absolute Gasteiger partial charge is 0.466 e. The summed E-state index contributed by atoms with van der Waals surface area (Å²) in [5.74, 6) is 0.000531. The molecule has 0 spiro atoms. The second-order valence-corrected chi connectivity index (χ2v) is 4.95. The lowest BCUT2D eigenvalue weighted by molar-refractivity contribution is -0.149. The molecule has 2 aliphatic rings. The number of likely N-dealkylation sites (tertiary alicyclic amines) is 1. The van der Waals surface area contributed by atoms with Gasteiger partial charge in [-0.1, -0.05) is 6.42 Å². The Hall–Kier alpha value is -0.570. The lowest BCUT2D eigenvalue weighted by Gasteiger charge is -2.28. The van der Waals surface area contributed by atoms with Gasteiger partial charge in [0, 0.05) is 6.04 Å². The van der Waals surface area contributed by atoms with Crippen LogP contribution in [0.4, 0.5) is 0 Å². The fourth-order valence-corrected chi connectivity index (χ4v) is 2.62. The number of ether oxygens (including phenoxy) is 1. The summed E-state index contributed by atoms with van der Waals surface area (Å²) in [4.78, 5) is 14.2. The summed E-state index contributed by atoms with van der Waals surface area (Å²) in [7, 11) is 0. The van der Waals surface area contributed by atoms with E-state index < -0.39 is 0 Å². The molecule has 0 amide bonds. The highest BCUT2D eigenvalue weighted by Crippen LogP contribution is 2.50. The number of carbonyl (C=O) groups excluding carboxylic acids is 1. The summed E-state index contributed by atoms with van der Waals surface area (Å²) < 4.78 is 5.12. The van der Waals surface area contributed by atoms with Crippen molar-refractivity contribution in [3.05, 3.63) is 0 Å². The second-order valence-electron chi connectivity index (χ2n) is 4.95. The summed E-state index contributed by atoms with van der Waals surface area (Å²) in [6.45, 7) is 6.75. The molecule has 15 heavy (non-hydrogen) atoms. The van der Waals surface area contributed by atoms with Crippen LogP contribution in [0.2, 0.25) is 0 Å². The Morgan fingerprint density at radius 1 is 1.40 bits per heavy atom. The lowest BCUT2D eigenvalue weighted by Crippen LogP contribution is -2.36. The SMILES string of the molecule is CCOC(=O)C1(C)CC1N1CCCCC1. The van der Waals surface area contributed by atoms with Crippen molar-refractivity contribution in [2.45, 2.75) is 45.6 Å². The second kappa shape index (κ2) is 4.12. The summed E-state index contributed by atoms with van der Waals surface area (Å²) in [5.41, 5.74) is -0.201. The molecule has 0 aromatic rings. The number of nitrogens with zero attached hydrogens (tertiary/aromatic N) is 1. The standard InChI is InChI=1S/C12H21NO2/c1-3-15-11(14)12(2)9-10(12)13-7-5-4-6-8-13/h10H,3-9H2,1-2H3. The Bertz CT molecular complexity index is 248. The first-order chi connectivity index (χ1) is 7.18. The molecule has 0 N–H and O–H groups in total. The Kier molecular flexibility index (Phi) is 3.01. The zero-order valence-electron chi connectivity index (χ0n) is 9.79. The average Bonchev–Trinajstić information content (AvgIpc) is 2.94. The molecule has 1 saturated heterocycles. The number of esters is 1. The van der Waals surface area contributed by atoms with Gasteiger partial charge in [0.1, 0.15) is 0 Å². The molecular weight excluding hydrogens is 190 g/mol. The first-order valence-electron chi connectivity index (χ1n) is 6.10. The first-order valence-corrected chi connectivity index (χ1v) is 6.10. The number of hydrogen-bond acceptors (Lipinski definition) is 3. The van der Waals surface area contributed by atoms with Crippen molar-refractivity contribution in [1.82, 2.24) is 4.90 Å². The van der Waals surface area contributed by atoms with Gasteiger partial charge < -0.3 is 4.74 Å². The quantitative estimate of drug-likeness (QED) is 0.667. The van der Waals surface area contributed by atoms with Crippen LogP contribution in [0.1, 0.15) is 39.5 Å². The Labute approximate surface area is 91.8 Å². The van der Waals surface area contributed by atoms with E-state index in [1.54, 1.807) is 0 Å². The number of hydrogen-bond donors (Lipinski definition) is 0. The summed E-state index contributed by atoms with van der Waals surface area (Å²) in [6.07, 6.45) is 4.91. The maximum Gasteiger partial charge on any atom is 0.313 e. The molecule has 2 atom stereocenters. The van der Waals surface area contributed by atoms with E-state index in [0.717, 1.165) is 6.42 Å². The molecule has 1 saturated carbocycles. The molecule has 3 nitrogen and oxygen atoms in total. The van der Waals surface area contributed by atoms with Gasteiger partial charge in [-0.15, -0.1) is 0 Å². The van der Waals surface area contributed by atoms with Crippen molar-refractivity contribution in [3.8, 4) is 0 Å². The predicted octanol–water partition coefficient (Wildman–Crippen LogP) is 1.81. The van der Waals surface area contributed by atoms with Crippen LogP contribution in [-0.4, -0.2) is 36.6 Å². The van der Waals surface area contributed by atoms with E-state index in [1.165, 1.54) is 32.4 Å². The summed E-state index contributed by atoms with van der Waals surface area (Å²) >= 11 is 0. The van der Waals surface area contributed by atoms with Crippen molar-refractivity contribution in [1.29, 1.82) is 0 Å². The molecule has 2 fully saturated rings. The highest BCUT2D eigenvalue weighted by atomic mass is 16.5. The Balaban J connectivity index is 1.89. The molecule has 0 radical (unpaired) electrons. The van der Waals surface area contributed by atoms with E-state index >= 15 is 0 Å². The summed E-state index contributed by atoms with van der Waals surface area (Å²) in [6, 6.07) is 0.455. The van der Waals surface area contributed by atoms with E-state index in [9.17, 15) is 4.79 Å². The minimum Gasteiger partial charge on any atom is -0.466 e. The van der Waals surface area contributed by atoms with Gasteiger partial charge in [-0.3, -0.25) is 9.69 Å². The van der Waals surface area contributed by atoms with Gasteiger partial charge in [0.25, 0.3) is 0 Å². The van der Waals surface area contributed by atoms with Crippen LogP contribution in [0.25, 0.3) is 0 Å². The fraction of sp³-hybridized carbons (Fsp3) is 0.917. The van der Waals surface area contributed by atoms with E-state index in [-0.39, 0.29) is 11.4 Å². The topological polar surface area (TPSA) is 29.5 Å². The first kappa shape index (κ1) is 10.9. The third-order valence-corrected chi connectivity index (χ3v) is 3.77. The van der Waals surface area contributed by atoms with Gasteiger partial charge in [-0.2, -0.15) is 0 Å². The van der Waals surface area contributed by atoms with Crippen molar-refractivity contribution >= 4 is 5.97 Å². The maximum absolute atomic E-state index is 11.7. The minimum absolute atomic E-state index is 0.000531. The predicted molar refractivity (Wildman–Crippen MR) is 58.6 cm³/mol. The molecule has 86 valence electrons. The lowest BCUT2D eigenvalue weighted by atomic mass is 10.1. The van der Waals surface area contributed by atoms with Gasteiger partial charge in [0.2, 0.25) is 0 Å². The minimum atomic E-state index is -0.201. The molecule has 0 bridgehead atoms. The van der Waals surface area contributed by atoms with Crippen LogP contribution in [-0.2, 0) is 9.53 Å². The molecule has 1 heterocycles. The van der Waals surface area contributed by atoms with Gasteiger partial charge in [0.05, 0.1) is 12.0 Å². The zero-order chi connectivity index (χ0) is 10.9. The fourth-order valence-electron chi connectivity index (χ4n) is 2.62. The highest BCUT2D eigenvalue weighted by Gasteiger charge is 2.59. The maximum atomic E-state index is 11.7. The third-order valence-electron chi connectivity index (χ3n) is 3.77. The molecule has 1 aliphatic carbocycles. The van der Waals surface area contributed by atoms with Gasteiger partial charge in [0.15, 0.2) is 0 Å². The Morgan fingerprint density at radius 3 is 2.67 bits per heavy atom. The smallest absolute Gasteiger partial charge is 0.313 e. The van der Waals surface area contributed by atoms with Crippen molar-refractivity contribution < 1.29 is 9.53 Å². The zero-order valence-corrected chi connectivity index (χ0v) is 9.79. The van der Waals surface area contributed by atoms with Crippen LogP contribution in [0.15, 0.2) is 0 Å². The van der Waals surface area contributed by atoms with Crippen LogP contribution in [0.5, 0.6) is 0 Å². The molecule has 3 heteroatoms. The molecule has 1 aliphatic heterocycles. The van der Waals surface area contributed by atoms with Gasteiger partial charge in [-0.25, -0.2) is 0 Å². The van der Waals surface area contributed by atoms with E-state index in [2.05, 4.69) is 4.90 Å².